The van der Waals surface area contributed by atoms with Crippen LogP contribution in [0.3, 0.4) is 0 Å². The molecule has 7 heteroatoms. The average molecular weight is 764 g/mol. The summed E-state index contributed by atoms with van der Waals surface area (Å²) in [4.78, 5) is 15.0. The standard InChI is InChI=1S/C53H35B2N5/c1-5-18-36(19-6-1)57-44-28-15-13-26-40(44)54-42-34-43-50(35-49(42)58(37-20-7-2-8-21-37)47-31-17-30-46(57)51(47)54)59(38-22-9-3-10-23-38)48-32-33-56-53-52(48)55(43)41-27-14-16-29-45(41)60(53)39-24-11-4-12-25-39/h1-35H. The maximum atomic E-state index is 5.24. The van der Waals surface area contributed by atoms with E-state index in [-0.39, 0.29) is 13.4 Å². The molecule has 0 radical (unpaired) electrons. The molecule has 1 aromatic heterocycles. The Morgan fingerprint density at radius 1 is 0.283 bits per heavy atom. The number of pyridine rings is 1. The van der Waals surface area contributed by atoms with Crippen LogP contribution in [0.5, 0.6) is 0 Å². The highest BCUT2D eigenvalue weighted by molar-refractivity contribution is 7.03. The number of hydrogen-bond acceptors (Lipinski definition) is 5. The zero-order valence-electron chi connectivity index (χ0n) is 32.6. The van der Waals surface area contributed by atoms with E-state index >= 15 is 0 Å². The first-order chi connectivity index (χ1) is 29.8. The number of rotatable bonds is 4. The Morgan fingerprint density at radius 3 is 1.18 bits per heavy atom. The molecule has 60 heavy (non-hydrogen) atoms. The van der Waals surface area contributed by atoms with Crippen LogP contribution in [0.15, 0.2) is 212 Å². The molecule has 8 aromatic carbocycles. The second-order valence-electron chi connectivity index (χ2n) is 15.9. The third-order valence-corrected chi connectivity index (χ3v) is 12.8. The predicted octanol–water partition coefficient (Wildman–Crippen LogP) is 9.25. The number of nitrogens with zero attached hydrogens (tertiary/aromatic N) is 5. The van der Waals surface area contributed by atoms with Crippen molar-refractivity contribution < 1.29 is 0 Å². The maximum absolute atomic E-state index is 5.24. The lowest BCUT2D eigenvalue weighted by molar-refractivity contribution is 1.17. The first-order valence-corrected chi connectivity index (χ1v) is 20.7. The second kappa shape index (κ2) is 12.9. The van der Waals surface area contributed by atoms with Crippen molar-refractivity contribution >= 4 is 115 Å². The number of aromatic nitrogens is 1. The molecule has 0 aliphatic carbocycles. The number of hydrogen-bond donors (Lipinski definition) is 0. The Bertz CT molecular complexity index is 2930. The van der Waals surface area contributed by atoms with E-state index in [9.17, 15) is 0 Å². The van der Waals surface area contributed by atoms with Crippen LogP contribution in [0.25, 0.3) is 0 Å². The monoisotopic (exact) mass is 763 g/mol. The van der Waals surface area contributed by atoms with Gasteiger partial charge in [0.2, 0.25) is 0 Å². The summed E-state index contributed by atoms with van der Waals surface area (Å²) in [6, 6.07) is 75.3. The summed E-state index contributed by atoms with van der Waals surface area (Å²) in [6.07, 6.45) is 1.99. The van der Waals surface area contributed by atoms with Gasteiger partial charge in [0.15, 0.2) is 0 Å². The molecule has 0 saturated carbocycles. The molecule has 5 heterocycles. The first-order valence-electron chi connectivity index (χ1n) is 20.7. The molecule has 0 N–H and O–H groups in total. The fraction of sp³-hybridized carbons (Fsp3) is 0. The van der Waals surface area contributed by atoms with E-state index in [4.69, 9.17) is 4.98 Å². The van der Waals surface area contributed by atoms with E-state index in [1.807, 2.05) is 6.20 Å². The van der Waals surface area contributed by atoms with E-state index < -0.39 is 0 Å². The Hall–Kier alpha value is -7.76. The molecule has 0 spiro atoms. The van der Waals surface area contributed by atoms with Gasteiger partial charge in [-0.3, -0.25) is 4.90 Å². The van der Waals surface area contributed by atoms with Gasteiger partial charge in [-0.1, -0.05) is 121 Å². The van der Waals surface area contributed by atoms with Gasteiger partial charge in [-0.05, 0) is 118 Å². The lowest BCUT2D eigenvalue weighted by atomic mass is 9.30. The van der Waals surface area contributed by atoms with Gasteiger partial charge in [-0.25, -0.2) is 4.98 Å². The van der Waals surface area contributed by atoms with Crippen molar-refractivity contribution in [2.45, 2.75) is 0 Å². The van der Waals surface area contributed by atoms with Gasteiger partial charge in [-0.15, -0.1) is 0 Å². The highest BCUT2D eigenvalue weighted by Gasteiger charge is 2.48. The van der Waals surface area contributed by atoms with Crippen molar-refractivity contribution in [1.82, 2.24) is 4.98 Å². The van der Waals surface area contributed by atoms with Gasteiger partial charge in [-0.2, -0.15) is 0 Å². The van der Waals surface area contributed by atoms with E-state index in [0.29, 0.717) is 0 Å². The largest absolute Gasteiger partial charge is 0.311 e. The molecule has 4 aliphatic heterocycles. The Morgan fingerprint density at radius 2 is 0.667 bits per heavy atom. The van der Waals surface area contributed by atoms with E-state index in [1.54, 1.807) is 0 Å². The lowest BCUT2D eigenvalue weighted by Crippen LogP contribution is -2.65. The fourth-order valence-corrected chi connectivity index (χ4v) is 10.5. The highest BCUT2D eigenvalue weighted by atomic mass is 15.2. The number of anilines is 12. The summed E-state index contributed by atoms with van der Waals surface area (Å²) in [5.74, 6) is 0.965. The molecule has 0 bridgehead atoms. The minimum absolute atomic E-state index is 0.00721. The van der Waals surface area contributed by atoms with Crippen LogP contribution in [-0.4, -0.2) is 18.4 Å². The second-order valence-corrected chi connectivity index (χ2v) is 15.9. The predicted molar refractivity (Wildman–Crippen MR) is 252 cm³/mol. The highest BCUT2D eigenvalue weighted by Crippen LogP contribution is 2.47. The average Bonchev–Trinajstić information content (AvgIpc) is 3.32. The van der Waals surface area contributed by atoms with E-state index in [2.05, 4.69) is 226 Å². The zero-order chi connectivity index (χ0) is 39.3. The van der Waals surface area contributed by atoms with Gasteiger partial charge in [0.1, 0.15) is 5.82 Å². The van der Waals surface area contributed by atoms with Crippen LogP contribution >= 0.6 is 0 Å². The van der Waals surface area contributed by atoms with Crippen LogP contribution in [0.1, 0.15) is 0 Å². The zero-order valence-corrected chi connectivity index (χ0v) is 32.6. The van der Waals surface area contributed by atoms with Crippen LogP contribution in [0.4, 0.5) is 68.4 Å². The van der Waals surface area contributed by atoms with Gasteiger partial charge < -0.3 is 14.7 Å². The van der Waals surface area contributed by atoms with E-state index in [0.717, 1.165) is 39.9 Å². The van der Waals surface area contributed by atoms with Crippen molar-refractivity contribution in [2.24, 2.45) is 0 Å². The van der Waals surface area contributed by atoms with Gasteiger partial charge in [0, 0.05) is 68.8 Å². The number of fused-ring (bicyclic) bond motifs is 8. The third-order valence-electron chi connectivity index (χ3n) is 12.8. The lowest BCUT2D eigenvalue weighted by Gasteiger charge is -2.46. The Balaban J connectivity index is 1.14. The quantitative estimate of drug-likeness (QED) is 0.167. The van der Waals surface area contributed by atoms with Crippen LogP contribution in [0, 0.1) is 0 Å². The molecule has 5 nitrogen and oxygen atoms in total. The van der Waals surface area contributed by atoms with Crippen molar-refractivity contribution in [1.29, 1.82) is 0 Å². The van der Waals surface area contributed by atoms with Gasteiger partial charge in [0.25, 0.3) is 13.4 Å². The summed E-state index contributed by atoms with van der Waals surface area (Å²) in [5, 5.41) is 0. The number of para-hydroxylation sites is 6. The fourth-order valence-electron chi connectivity index (χ4n) is 10.5. The van der Waals surface area contributed by atoms with Crippen molar-refractivity contribution in [3.63, 3.8) is 0 Å². The molecule has 4 aliphatic rings. The molecular weight excluding hydrogens is 728 g/mol. The van der Waals surface area contributed by atoms with Crippen molar-refractivity contribution in [3.05, 3.63) is 212 Å². The molecular formula is C53H35B2N5. The summed E-state index contributed by atoms with van der Waals surface area (Å²) in [5.41, 5.74) is 20.4. The van der Waals surface area contributed by atoms with Gasteiger partial charge >= 0.3 is 0 Å². The molecule has 0 saturated heterocycles. The summed E-state index contributed by atoms with van der Waals surface area (Å²) in [6.45, 7) is -0.0613. The first kappa shape index (κ1) is 33.2. The third kappa shape index (κ3) is 4.63. The summed E-state index contributed by atoms with van der Waals surface area (Å²) in [7, 11) is 0. The van der Waals surface area contributed by atoms with Crippen molar-refractivity contribution in [3.8, 4) is 0 Å². The van der Waals surface area contributed by atoms with Crippen LogP contribution in [0.2, 0.25) is 0 Å². The summed E-state index contributed by atoms with van der Waals surface area (Å²) >= 11 is 0. The molecule has 13 rings (SSSR count). The Kier molecular flexibility index (Phi) is 7.13. The minimum Gasteiger partial charge on any atom is -0.311 e. The smallest absolute Gasteiger partial charge is 0.254 e. The van der Waals surface area contributed by atoms with Crippen LogP contribution in [-0.2, 0) is 0 Å². The van der Waals surface area contributed by atoms with Gasteiger partial charge in [0.05, 0.1) is 0 Å². The molecule has 9 aromatic rings. The molecule has 0 fully saturated rings. The van der Waals surface area contributed by atoms with Crippen LogP contribution < -0.4 is 52.4 Å². The Labute approximate surface area is 350 Å². The normalized spacial score (nSPS) is 13.8. The number of benzene rings is 8. The molecule has 0 atom stereocenters. The SMILES string of the molecule is c1ccc(N2c3ccccc3B3c4cc5c(cc4N(c4ccccc4)c4cccc2c43)N(c2ccccc2)c2ccnc3c2B5c2ccccc2N3c2ccccc2)cc1. The van der Waals surface area contributed by atoms with E-state index in [1.165, 1.54) is 61.2 Å². The maximum Gasteiger partial charge on any atom is 0.254 e. The summed E-state index contributed by atoms with van der Waals surface area (Å²) < 4.78 is 0. The molecule has 0 unspecified atom stereocenters. The topological polar surface area (TPSA) is 25.9 Å². The van der Waals surface area contributed by atoms with Crippen molar-refractivity contribution in [2.75, 3.05) is 19.6 Å². The molecule has 278 valence electrons. The molecule has 0 amide bonds. The minimum atomic E-state index is -0.0541.